The summed E-state index contributed by atoms with van der Waals surface area (Å²) < 4.78 is 0. The quantitative estimate of drug-likeness (QED) is 0.351. The molecule has 2 aliphatic carbocycles. The van der Waals surface area contributed by atoms with Crippen LogP contribution < -0.4 is 0 Å². The largest absolute Gasteiger partial charge is 0.396 e. The monoisotopic (exact) mass is 364 g/mol. The first-order valence-corrected chi connectivity index (χ1v) is 12.4. The van der Waals surface area contributed by atoms with Gasteiger partial charge in [0.05, 0.1) is 0 Å². The highest BCUT2D eigenvalue weighted by Gasteiger charge is 2.34. The van der Waals surface area contributed by atoms with Crippen LogP contribution in [0.3, 0.4) is 0 Å². The van der Waals surface area contributed by atoms with Crippen LogP contribution in [0.1, 0.15) is 123 Å². The zero-order chi connectivity index (χ0) is 18.6. The molecule has 2 fully saturated rings. The third kappa shape index (κ3) is 7.53. The molecule has 0 atom stereocenters. The number of hydrogen-bond donors (Lipinski definition) is 1. The summed E-state index contributed by atoms with van der Waals surface area (Å²) in [6.07, 6.45) is 24.2. The summed E-state index contributed by atoms with van der Waals surface area (Å²) in [4.78, 5) is 0. The van der Waals surface area contributed by atoms with Crippen LogP contribution in [0.2, 0.25) is 0 Å². The molecular formula is C25H48O. The van der Waals surface area contributed by atoms with E-state index in [2.05, 4.69) is 13.8 Å². The van der Waals surface area contributed by atoms with E-state index in [9.17, 15) is 5.11 Å². The summed E-state index contributed by atoms with van der Waals surface area (Å²) in [5.41, 5.74) is 0. The molecule has 0 aromatic heterocycles. The Labute approximate surface area is 164 Å². The SMILES string of the molecule is CCCCCC1CCC(C(CCO)C2CCC(CCCCC)CC2)CC1. The Bertz CT molecular complexity index is 293. The summed E-state index contributed by atoms with van der Waals surface area (Å²) in [5.74, 6) is 4.70. The molecule has 0 spiro atoms. The summed E-state index contributed by atoms with van der Waals surface area (Å²) in [6.45, 7) is 5.04. The molecule has 154 valence electrons. The molecule has 0 aromatic rings. The first-order chi connectivity index (χ1) is 12.8. The number of hydrogen-bond acceptors (Lipinski definition) is 1. The number of unbranched alkanes of at least 4 members (excludes halogenated alkanes) is 4. The van der Waals surface area contributed by atoms with Crippen LogP contribution in [0.25, 0.3) is 0 Å². The maximum absolute atomic E-state index is 9.69. The van der Waals surface area contributed by atoms with Crippen molar-refractivity contribution in [3.05, 3.63) is 0 Å². The number of aliphatic hydroxyl groups excluding tert-OH is 1. The summed E-state index contributed by atoms with van der Waals surface area (Å²) in [7, 11) is 0. The lowest BCUT2D eigenvalue weighted by Crippen LogP contribution is -2.31. The van der Waals surface area contributed by atoms with Gasteiger partial charge >= 0.3 is 0 Å². The van der Waals surface area contributed by atoms with Gasteiger partial charge < -0.3 is 5.11 Å². The van der Waals surface area contributed by atoms with Gasteiger partial charge in [-0.2, -0.15) is 0 Å². The highest BCUT2D eigenvalue weighted by Crippen LogP contribution is 2.45. The Morgan fingerprint density at radius 1 is 0.654 bits per heavy atom. The highest BCUT2D eigenvalue weighted by molar-refractivity contribution is 4.85. The first-order valence-electron chi connectivity index (χ1n) is 12.4. The molecule has 26 heavy (non-hydrogen) atoms. The maximum atomic E-state index is 9.69. The van der Waals surface area contributed by atoms with Gasteiger partial charge in [-0.1, -0.05) is 90.9 Å². The first kappa shape index (κ1) is 22.3. The summed E-state index contributed by atoms with van der Waals surface area (Å²) in [5, 5.41) is 9.69. The fraction of sp³-hybridized carbons (Fsp3) is 1.00. The van der Waals surface area contributed by atoms with Crippen LogP contribution in [-0.4, -0.2) is 11.7 Å². The lowest BCUT2D eigenvalue weighted by Gasteiger charge is -2.41. The van der Waals surface area contributed by atoms with Crippen molar-refractivity contribution in [2.24, 2.45) is 29.6 Å². The van der Waals surface area contributed by atoms with E-state index < -0.39 is 0 Å². The zero-order valence-corrected chi connectivity index (χ0v) is 18.1. The lowest BCUT2D eigenvalue weighted by atomic mass is 9.65. The van der Waals surface area contributed by atoms with E-state index in [1.165, 1.54) is 103 Å². The van der Waals surface area contributed by atoms with E-state index in [1.807, 2.05) is 0 Å². The van der Waals surface area contributed by atoms with Crippen molar-refractivity contribution in [3.63, 3.8) is 0 Å². The van der Waals surface area contributed by atoms with Gasteiger partial charge in [0.25, 0.3) is 0 Å². The van der Waals surface area contributed by atoms with E-state index in [4.69, 9.17) is 0 Å². The average Bonchev–Trinajstić information content (AvgIpc) is 2.68. The zero-order valence-electron chi connectivity index (χ0n) is 18.1. The highest BCUT2D eigenvalue weighted by atomic mass is 16.3. The Kier molecular flexibility index (Phi) is 11.3. The lowest BCUT2D eigenvalue weighted by molar-refractivity contribution is 0.0854. The molecule has 0 radical (unpaired) electrons. The van der Waals surface area contributed by atoms with Gasteiger partial charge in [-0.3, -0.25) is 0 Å². The normalized spacial score (nSPS) is 31.0. The van der Waals surface area contributed by atoms with Gasteiger partial charge in [0.2, 0.25) is 0 Å². The van der Waals surface area contributed by atoms with Crippen LogP contribution in [-0.2, 0) is 0 Å². The molecule has 1 heteroatoms. The van der Waals surface area contributed by atoms with E-state index in [0.29, 0.717) is 6.61 Å². The standard InChI is InChI=1S/C25H48O/c1-3-5-7-9-21-11-15-23(16-12-21)25(19-20-26)24-17-13-22(14-18-24)10-8-6-4-2/h21-26H,3-20H2,1-2H3. The summed E-state index contributed by atoms with van der Waals surface area (Å²) in [6, 6.07) is 0. The van der Waals surface area contributed by atoms with Gasteiger partial charge in [0.1, 0.15) is 0 Å². The van der Waals surface area contributed by atoms with E-state index >= 15 is 0 Å². The molecule has 0 amide bonds. The molecule has 0 bridgehead atoms. The molecular weight excluding hydrogens is 316 g/mol. The maximum Gasteiger partial charge on any atom is 0.0433 e. The second-order valence-electron chi connectivity index (χ2n) is 9.73. The molecule has 2 saturated carbocycles. The second kappa shape index (κ2) is 13.2. The Morgan fingerprint density at radius 3 is 1.42 bits per heavy atom. The molecule has 2 aliphatic rings. The molecule has 1 nitrogen and oxygen atoms in total. The Hall–Kier alpha value is -0.0400. The van der Waals surface area contributed by atoms with Crippen molar-refractivity contribution < 1.29 is 5.11 Å². The third-order valence-corrected chi connectivity index (χ3v) is 7.89. The van der Waals surface area contributed by atoms with Crippen molar-refractivity contribution in [1.82, 2.24) is 0 Å². The van der Waals surface area contributed by atoms with Crippen LogP contribution in [0, 0.1) is 29.6 Å². The van der Waals surface area contributed by atoms with Crippen molar-refractivity contribution in [3.8, 4) is 0 Å². The molecule has 0 aromatic carbocycles. The van der Waals surface area contributed by atoms with Gasteiger partial charge in [0.15, 0.2) is 0 Å². The van der Waals surface area contributed by atoms with E-state index in [-0.39, 0.29) is 0 Å². The molecule has 0 unspecified atom stereocenters. The fourth-order valence-electron chi connectivity index (χ4n) is 6.18. The molecule has 0 aliphatic heterocycles. The van der Waals surface area contributed by atoms with Crippen molar-refractivity contribution in [2.45, 2.75) is 123 Å². The van der Waals surface area contributed by atoms with Crippen molar-refractivity contribution >= 4 is 0 Å². The molecule has 0 saturated heterocycles. The van der Waals surface area contributed by atoms with Crippen LogP contribution in [0.4, 0.5) is 0 Å². The predicted molar refractivity (Wildman–Crippen MR) is 114 cm³/mol. The van der Waals surface area contributed by atoms with Crippen molar-refractivity contribution in [2.75, 3.05) is 6.61 Å². The molecule has 1 N–H and O–H groups in total. The smallest absolute Gasteiger partial charge is 0.0433 e. The van der Waals surface area contributed by atoms with Gasteiger partial charge in [0, 0.05) is 6.61 Å². The van der Waals surface area contributed by atoms with Crippen LogP contribution in [0.15, 0.2) is 0 Å². The minimum absolute atomic E-state index is 0.414. The number of rotatable bonds is 12. The minimum Gasteiger partial charge on any atom is -0.396 e. The van der Waals surface area contributed by atoms with E-state index in [1.54, 1.807) is 0 Å². The van der Waals surface area contributed by atoms with Gasteiger partial charge in [-0.25, -0.2) is 0 Å². The minimum atomic E-state index is 0.414. The van der Waals surface area contributed by atoms with Gasteiger partial charge in [-0.05, 0) is 61.7 Å². The Balaban J connectivity index is 1.73. The second-order valence-corrected chi connectivity index (χ2v) is 9.73. The molecule has 2 rings (SSSR count). The van der Waals surface area contributed by atoms with Crippen LogP contribution in [0.5, 0.6) is 0 Å². The van der Waals surface area contributed by atoms with Crippen LogP contribution >= 0.6 is 0 Å². The fourth-order valence-corrected chi connectivity index (χ4v) is 6.18. The molecule has 0 heterocycles. The Morgan fingerprint density at radius 2 is 1.08 bits per heavy atom. The average molecular weight is 365 g/mol. The van der Waals surface area contributed by atoms with E-state index in [0.717, 1.165) is 36.0 Å². The number of aliphatic hydroxyl groups is 1. The summed E-state index contributed by atoms with van der Waals surface area (Å²) >= 11 is 0. The van der Waals surface area contributed by atoms with Crippen molar-refractivity contribution in [1.29, 1.82) is 0 Å². The topological polar surface area (TPSA) is 20.2 Å². The third-order valence-electron chi connectivity index (χ3n) is 7.89. The van der Waals surface area contributed by atoms with Gasteiger partial charge in [-0.15, -0.1) is 0 Å². The predicted octanol–water partition coefficient (Wildman–Crippen LogP) is 7.76.